The van der Waals surface area contributed by atoms with E-state index in [1.807, 2.05) is 29.7 Å². The molecule has 7 heteroatoms. The Bertz CT molecular complexity index is 1050. The summed E-state index contributed by atoms with van der Waals surface area (Å²) in [7, 11) is 0. The third-order valence-corrected chi connectivity index (χ3v) is 4.46. The van der Waals surface area contributed by atoms with Crippen LogP contribution in [-0.4, -0.2) is 36.2 Å². The minimum Gasteiger partial charge on any atom is -0.508 e. The van der Waals surface area contributed by atoms with Gasteiger partial charge >= 0.3 is 0 Å². The number of nitrogens with one attached hydrogen (secondary N) is 1. The van der Waals surface area contributed by atoms with Crippen molar-refractivity contribution in [1.29, 1.82) is 0 Å². The second-order valence-corrected chi connectivity index (χ2v) is 7.04. The number of aliphatic hydroxyl groups excluding tert-OH is 1. The number of aromatic nitrogens is 5. The Morgan fingerprint density at radius 3 is 2.83 bits per heavy atom. The number of rotatable bonds is 8. The molecule has 0 fully saturated rings. The lowest BCUT2D eigenvalue weighted by Crippen LogP contribution is -2.07. The first-order valence-corrected chi connectivity index (χ1v) is 9.57. The van der Waals surface area contributed by atoms with Crippen LogP contribution in [0.3, 0.4) is 0 Å². The zero-order valence-electron chi connectivity index (χ0n) is 17.0. The normalized spacial score (nSPS) is 12.6. The highest BCUT2D eigenvalue weighted by atomic mass is 16.3. The highest BCUT2D eigenvalue weighted by Gasteiger charge is 2.15. The van der Waals surface area contributed by atoms with Crippen molar-refractivity contribution >= 4 is 17.0 Å². The Morgan fingerprint density at radius 2 is 2.14 bits per heavy atom. The maximum atomic E-state index is 9.46. The van der Waals surface area contributed by atoms with Gasteiger partial charge in [0.1, 0.15) is 11.3 Å². The Morgan fingerprint density at radius 1 is 1.31 bits per heavy atom. The number of anilines is 1. The van der Waals surface area contributed by atoms with Crippen LogP contribution in [0.2, 0.25) is 0 Å². The molecule has 3 heterocycles. The summed E-state index contributed by atoms with van der Waals surface area (Å²) in [6.07, 6.45) is 11.0. The molecule has 0 saturated carbocycles. The van der Waals surface area contributed by atoms with Crippen LogP contribution in [0.1, 0.15) is 33.2 Å². The van der Waals surface area contributed by atoms with Crippen LogP contribution < -0.4 is 5.32 Å². The molecule has 0 unspecified atom stereocenters. The molecule has 2 N–H and O–H groups in total. The topological polar surface area (TPSA) is 88.8 Å². The number of nitrogens with zero attached hydrogens (tertiary/aromatic N) is 5. The lowest BCUT2D eigenvalue weighted by atomic mass is 10.2. The molecule has 0 aliphatic heterocycles. The Balaban J connectivity index is 1.89. The SMILES string of the molecule is C=C/C(O)=C\C=C(/C)CCNc1nc(-c2cccnc2)nc2c1ncn2C(C)C. The molecule has 0 bridgehead atoms. The summed E-state index contributed by atoms with van der Waals surface area (Å²) in [5.41, 5.74) is 3.52. The van der Waals surface area contributed by atoms with Gasteiger partial charge in [-0.05, 0) is 51.5 Å². The van der Waals surface area contributed by atoms with Crippen LogP contribution in [-0.2, 0) is 0 Å². The second kappa shape index (κ2) is 9.14. The average molecular weight is 390 g/mol. The molecule has 3 aromatic heterocycles. The van der Waals surface area contributed by atoms with Crippen molar-refractivity contribution in [3.05, 3.63) is 67.0 Å². The summed E-state index contributed by atoms with van der Waals surface area (Å²) < 4.78 is 2.04. The number of pyridine rings is 1. The zero-order chi connectivity index (χ0) is 20.8. The fourth-order valence-corrected chi connectivity index (χ4v) is 2.80. The molecule has 3 aromatic rings. The maximum absolute atomic E-state index is 9.46. The van der Waals surface area contributed by atoms with Crippen LogP contribution >= 0.6 is 0 Å². The van der Waals surface area contributed by atoms with E-state index in [9.17, 15) is 5.11 Å². The number of hydrogen-bond acceptors (Lipinski definition) is 6. The van der Waals surface area contributed by atoms with Crippen molar-refractivity contribution in [2.45, 2.75) is 33.2 Å². The highest BCUT2D eigenvalue weighted by Crippen LogP contribution is 2.25. The number of aliphatic hydroxyl groups is 1. The zero-order valence-corrected chi connectivity index (χ0v) is 17.0. The summed E-state index contributed by atoms with van der Waals surface area (Å²) in [6, 6.07) is 4.05. The van der Waals surface area contributed by atoms with Crippen LogP contribution in [0, 0.1) is 0 Å². The molecule has 0 amide bonds. The van der Waals surface area contributed by atoms with E-state index < -0.39 is 0 Å². The van der Waals surface area contributed by atoms with Crippen molar-refractivity contribution in [3.63, 3.8) is 0 Å². The van der Waals surface area contributed by atoms with Gasteiger partial charge in [0.25, 0.3) is 0 Å². The highest BCUT2D eigenvalue weighted by molar-refractivity contribution is 5.85. The minimum absolute atomic E-state index is 0.148. The van der Waals surface area contributed by atoms with Gasteiger partial charge in [-0.25, -0.2) is 15.0 Å². The first kappa shape index (κ1) is 20.3. The molecule has 0 saturated heterocycles. The van der Waals surface area contributed by atoms with E-state index in [0.29, 0.717) is 18.2 Å². The van der Waals surface area contributed by atoms with Crippen LogP contribution in [0.25, 0.3) is 22.6 Å². The summed E-state index contributed by atoms with van der Waals surface area (Å²) >= 11 is 0. The van der Waals surface area contributed by atoms with Gasteiger partial charge in [0, 0.05) is 30.5 Å². The van der Waals surface area contributed by atoms with E-state index in [2.05, 4.69) is 35.7 Å². The third-order valence-electron chi connectivity index (χ3n) is 4.46. The fraction of sp³-hybridized carbons (Fsp3) is 0.273. The fourth-order valence-electron chi connectivity index (χ4n) is 2.80. The third kappa shape index (κ3) is 4.87. The van der Waals surface area contributed by atoms with Crippen molar-refractivity contribution < 1.29 is 5.11 Å². The van der Waals surface area contributed by atoms with E-state index >= 15 is 0 Å². The smallest absolute Gasteiger partial charge is 0.166 e. The summed E-state index contributed by atoms with van der Waals surface area (Å²) in [4.78, 5) is 18.2. The van der Waals surface area contributed by atoms with Gasteiger partial charge in [0.2, 0.25) is 0 Å². The standard InChI is InChI=1S/C22H26N6O/c1-5-18(29)9-8-16(4)10-12-24-21-19-22(28(14-25-19)15(2)3)27-20(26-21)17-7-6-11-23-13-17/h5-9,11,13-15,29H,1,10,12H2,2-4H3,(H,24,26,27)/b16-8+,18-9+. The minimum atomic E-state index is 0.148. The van der Waals surface area contributed by atoms with Crippen LogP contribution in [0.15, 0.2) is 67.0 Å². The number of hydrogen-bond donors (Lipinski definition) is 2. The molecule has 0 aliphatic carbocycles. The van der Waals surface area contributed by atoms with Gasteiger partial charge in [-0.3, -0.25) is 4.98 Å². The average Bonchev–Trinajstić information content (AvgIpc) is 3.17. The van der Waals surface area contributed by atoms with Gasteiger partial charge < -0.3 is 15.0 Å². The van der Waals surface area contributed by atoms with E-state index in [0.717, 1.165) is 28.7 Å². The number of allylic oxidation sites excluding steroid dienone is 3. The number of imidazole rings is 1. The summed E-state index contributed by atoms with van der Waals surface area (Å²) in [5.74, 6) is 1.46. The molecule has 0 spiro atoms. The Labute approximate surface area is 170 Å². The molecule has 29 heavy (non-hydrogen) atoms. The largest absolute Gasteiger partial charge is 0.508 e. The lowest BCUT2D eigenvalue weighted by molar-refractivity contribution is 0.433. The predicted octanol–water partition coefficient (Wildman–Crippen LogP) is 4.85. The van der Waals surface area contributed by atoms with Gasteiger partial charge in [0.05, 0.1) is 6.33 Å². The van der Waals surface area contributed by atoms with E-state index in [1.165, 1.54) is 6.08 Å². The molecular weight excluding hydrogens is 364 g/mol. The molecule has 7 nitrogen and oxygen atoms in total. The summed E-state index contributed by atoms with van der Waals surface area (Å²) in [6.45, 7) is 10.4. The van der Waals surface area contributed by atoms with Gasteiger partial charge in [-0.2, -0.15) is 0 Å². The molecule has 0 atom stereocenters. The van der Waals surface area contributed by atoms with Crippen molar-refractivity contribution in [2.75, 3.05) is 11.9 Å². The molecular formula is C22H26N6O. The van der Waals surface area contributed by atoms with Gasteiger partial charge in [0.15, 0.2) is 17.3 Å². The second-order valence-electron chi connectivity index (χ2n) is 7.04. The molecule has 150 valence electrons. The van der Waals surface area contributed by atoms with Crippen LogP contribution in [0.5, 0.6) is 0 Å². The summed E-state index contributed by atoms with van der Waals surface area (Å²) in [5, 5.41) is 12.9. The quantitative estimate of drug-likeness (QED) is 0.422. The Kier molecular flexibility index (Phi) is 6.39. The molecule has 3 rings (SSSR count). The lowest BCUT2D eigenvalue weighted by Gasteiger charge is -2.11. The van der Waals surface area contributed by atoms with E-state index in [4.69, 9.17) is 9.97 Å². The van der Waals surface area contributed by atoms with E-state index in [1.54, 1.807) is 24.8 Å². The molecule has 0 radical (unpaired) electrons. The van der Waals surface area contributed by atoms with E-state index in [-0.39, 0.29) is 11.8 Å². The Hall–Kier alpha value is -3.48. The monoisotopic (exact) mass is 390 g/mol. The van der Waals surface area contributed by atoms with Gasteiger partial charge in [-0.1, -0.05) is 18.2 Å². The van der Waals surface area contributed by atoms with Crippen molar-refractivity contribution in [2.24, 2.45) is 0 Å². The number of fused-ring (bicyclic) bond motifs is 1. The maximum Gasteiger partial charge on any atom is 0.166 e. The molecule has 0 aromatic carbocycles. The first-order chi connectivity index (χ1) is 14.0. The molecule has 0 aliphatic rings. The van der Waals surface area contributed by atoms with Crippen molar-refractivity contribution in [3.8, 4) is 11.4 Å². The predicted molar refractivity (Wildman–Crippen MR) is 117 cm³/mol. The van der Waals surface area contributed by atoms with Gasteiger partial charge in [-0.15, -0.1) is 0 Å². The van der Waals surface area contributed by atoms with Crippen molar-refractivity contribution in [1.82, 2.24) is 24.5 Å². The van der Waals surface area contributed by atoms with Crippen LogP contribution in [0.4, 0.5) is 5.82 Å². The first-order valence-electron chi connectivity index (χ1n) is 9.57.